The van der Waals surface area contributed by atoms with Crippen molar-refractivity contribution in [1.29, 1.82) is 0 Å². The molecule has 0 spiro atoms. The van der Waals surface area contributed by atoms with Crippen molar-refractivity contribution >= 4 is 0 Å². The molecule has 0 saturated heterocycles. The predicted molar refractivity (Wildman–Crippen MR) is 146 cm³/mol. The molecule has 0 saturated carbocycles. The van der Waals surface area contributed by atoms with Gasteiger partial charge in [0, 0.05) is 53.2 Å². The zero-order valence-corrected chi connectivity index (χ0v) is 21.3. The maximum atomic E-state index is 13.6. The quantitative estimate of drug-likeness (QED) is 0.276. The highest BCUT2D eigenvalue weighted by Gasteiger charge is 2.22. The molecule has 3 aromatic carbocycles. The monoisotopic (exact) mass is 520 g/mol. The minimum Gasteiger partial charge on any atom is -0.373 e. The lowest BCUT2D eigenvalue weighted by atomic mass is 10.0. The number of benzene rings is 3. The van der Waals surface area contributed by atoms with Gasteiger partial charge in [-0.15, -0.1) is 0 Å². The minimum atomic E-state index is -0.326. The van der Waals surface area contributed by atoms with Crippen LogP contribution in [0.1, 0.15) is 11.3 Å². The Morgan fingerprint density at radius 3 is 2.15 bits per heavy atom. The van der Waals surface area contributed by atoms with Gasteiger partial charge in [0.05, 0.1) is 12.2 Å². The van der Waals surface area contributed by atoms with Gasteiger partial charge in [-0.25, -0.2) is 28.4 Å². The average molecular weight is 521 g/mol. The Morgan fingerprint density at radius 1 is 0.769 bits per heavy atom. The first kappa shape index (κ1) is 24.6. The van der Waals surface area contributed by atoms with Gasteiger partial charge in [-0.1, -0.05) is 36.9 Å². The van der Waals surface area contributed by atoms with E-state index in [4.69, 9.17) is 10.1 Å². The highest BCUT2D eigenvalue weighted by molar-refractivity contribution is 5.64. The molecule has 194 valence electrons. The van der Waals surface area contributed by atoms with Gasteiger partial charge in [0.15, 0.2) is 11.6 Å². The number of hydrogen-bond donors (Lipinski definition) is 0. The van der Waals surface area contributed by atoms with Gasteiger partial charge in [-0.3, -0.25) is 0 Å². The highest BCUT2D eigenvalue weighted by atomic mass is 19.1. The van der Waals surface area contributed by atoms with E-state index >= 15 is 0 Å². The Kier molecular flexibility index (Phi) is 6.67. The fourth-order valence-electron chi connectivity index (χ4n) is 4.95. The zero-order valence-electron chi connectivity index (χ0n) is 21.3. The van der Waals surface area contributed by atoms with Crippen LogP contribution >= 0.6 is 0 Å². The van der Waals surface area contributed by atoms with E-state index in [-0.39, 0.29) is 11.6 Å². The van der Waals surface area contributed by atoms with E-state index in [1.807, 2.05) is 18.2 Å². The van der Waals surface area contributed by atoms with Crippen molar-refractivity contribution in [2.45, 2.75) is 19.4 Å². The molecule has 3 heterocycles. The highest BCUT2D eigenvalue weighted by Crippen LogP contribution is 2.28. The molecule has 0 bridgehead atoms. The van der Waals surface area contributed by atoms with Crippen molar-refractivity contribution in [3.8, 4) is 34.0 Å². The predicted octanol–water partition coefficient (Wildman–Crippen LogP) is 5.96. The van der Waals surface area contributed by atoms with Crippen LogP contribution in [-0.2, 0) is 19.4 Å². The zero-order chi connectivity index (χ0) is 26.8. The number of halogens is 2. The van der Waals surface area contributed by atoms with Crippen LogP contribution in [0.5, 0.6) is 0 Å². The number of nitrogens with zero attached hydrogens (tertiary/aromatic N) is 6. The van der Waals surface area contributed by atoms with Crippen LogP contribution < -0.4 is 0 Å². The Balaban J connectivity index is 1.26. The molecule has 0 fully saturated rings. The summed E-state index contributed by atoms with van der Waals surface area (Å²) in [5.41, 5.74) is 6.61. The molecule has 1 aliphatic heterocycles. The third-order valence-electron chi connectivity index (χ3n) is 6.99. The Hall–Kier alpha value is -4.72. The average Bonchev–Trinajstić information content (AvgIpc) is 3.24. The Morgan fingerprint density at radius 2 is 1.44 bits per heavy atom. The Labute approximate surface area is 225 Å². The summed E-state index contributed by atoms with van der Waals surface area (Å²) >= 11 is 0. The van der Waals surface area contributed by atoms with Crippen LogP contribution in [0.15, 0.2) is 97.5 Å². The number of allylic oxidation sites excluding steroid dienone is 1. The Bertz CT molecular complexity index is 1610. The molecule has 0 radical (unpaired) electrons. The van der Waals surface area contributed by atoms with E-state index in [0.717, 1.165) is 54.1 Å². The molecule has 0 N–H and O–H groups in total. The van der Waals surface area contributed by atoms with Crippen molar-refractivity contribution < 1.29 is 8.78 Å². The maximum Gasteiger partial charge on any atom is 0.181 e. The van der Waals surface area contributed by atoms with Crippen molar-refractivity contribution in [1.82, 2.24) is 29.6 Å². The fourth-order valence-corrected chi connectivity index (χ4v) is 4.95. The van der Waals surface area contributed by atoms with E-state index in [9.17, 15) is 8.78 Å². The molecule has 2 aromatic heterocycles. The molecule has 0 atom stereocenters. The van der Waals surface area contributed by atoms with E-state index in [0.29, 0.717) is 23.8 Å². The normalized spacial score (nSPS) is 13.1. The second-order valence-electron chi connectivity index (χ2n) is 9.50. The van der Waals surface area contributed by atoms with Gasteiger partial charge in [-0.2, -0.15) is 5.10 Å². The summed E-state index contributed by atoms with van der Waals surface area (Å²) in [6, 6.07) is 22.4. The summed E-state index contributed by atoms with van der Waals surface area (Å²) in [7, 11) is 0. The van der Waals surface area contributed by atoms with Gasteiger partial charge in [0.2, 0.25) is 0 Å². The lowest BCUT2D eigenvalue weighted by Gasteiger charge is -2.25. The van der Waals surface area contributed by atoms with Crippen LogP contribution in [-0.4, -0.2) is 42.7 Å². The van der Waals surface area contributed by atoms with Crippen molar-refractivity contribution in [3.63, 3.8) is 0 Å². The summed E-state index contributed by atoms with van der Waals surface area (Å²) in [6.07, 6.45) is 3.22. The minimum absolute atomic E-state index is 0.324. The van der Waals surface area contributed by atoms with Crippen LogP contribution in [0.3, 0.4) is 0 Å². The first-order valence-corrected chi connectivity index (χ1v) is 12.8. The number of rotatable bonds is 6. The van der Waals surface area contributed by atoms with Gasteiger partial charge >= 0.3 is 0 Å². The van der Waals surface area contributed by atoms with Crippen LogP contribution in [0.25, 0.3) is 34.0 Å². The molecule has 6 rings (SSSR count). The third kappa shape index (κ3) is 5.18. The van der Waals surface area contributed by atoms with E-state index in [2.05, 4.69) is 33.6 Å². The molecule has 5 aromatic rings. The molecular weight excluding hydrogens is 494 g/mol. The van der Waals surface area contributed by atoms with Crippen LogP contribution in [0.2, 0.25) is 0 Å². The van der Waals surface area contributed by atoms with Gasteiger partial charge in [0.1, 0.15) is 18.0 Å². The topological polar surface area (TPSA) is 59.7 Å². The molecule has 0 amide bonds. The second-order valence-corrected chi connectivity index (χ2v) is 9.50. The van der Waals surface area contributed by atoms with E-state index < -0.39 is 0 Å². The van der Waals surface area contributed by atoms with Gasteiger partial charge in [0.25, 0.3) is 0 Å². The van der Waals surface area contributed by atoms with E-state index in [1.165, 1.54) is 29.8 Å². The molecule has 39 heavy (non-hydrogen) atoms. The number of hydrogen-bond acceptors (Lipinski definition) is 5. The van der Waals surface area contributed by atoms with Crippen molar-refractivity contribution in [3.05, 3.63) is 120 Å². The summed E-state index contributed by atoms with van der Waals surface area (Å²) in [5, 5.41) is 4.74. The number of aromatic nitrogens is 5. The summed E-state index contributed by atoms with van der Waals surface area (Å²) in [4.78, 5) is 16.2. The van der Waals surface area contributed by atoms with Crippen LogP contribution in [0.4, 0.5) is 8.78 Å². The third-order valence-corrected chi connectivity index (χ3v) is 6.99. The lowest BCUT2D eigenvalue weighted by molar-refractivity contribution is 0.339. The number of fused-ring (bicyclic) bond motifs is 1. The fraction of sp³-hybridized carbons (Fsp3) is 0.161. The summed E-state index contributed by atoms with van der Waals surface area (Å²) in [6.45, 7) is 6.32. The first-order chi connectivity index (χ1) is 19.0. The summed E-state index contributed by atoms with van der Waals surface area (Å²) in [5.74, 6) is 0.404. The molecule has 6 nitrogen and oxygen atoms in total. The largest absolute Gasteiger partial charge is 0.373 e. The maximum absolute atomic E-state index is 13.6. The van der Waals surface area contributed by atoms with Crippen LogP contribution in [0, 0.1) is 11.6 Å². The second kappa shape index (κ2) is 10.6. The first-order valence-electron chi connectivity index (χ1n) is 12.8. The SMILES string of the molecule is C=C(Cn1nc(-c2ccc(F)cc2)nc1-c1ccc(F)cc1)N1CCc2ncnc(-c3ccccc3)c2CC1. The molecule has 0 aliphatic carbocycles. The standard InChI is InChI=1S/C31H26F2N6/c1-21(38-17-15-27-28(16-18-38)34-20-35-29(27)22-5-3-2-4-6-22)19-39-31(24-9-13-26(33)14-10-24)36-30(37-39)23-7-11-25(32)12-8-23/h2-14,20H,1,15-19H2. The molecular formula is C31H26F2N6. The van der Waals surface area contributed by atoms with Gasteiger partial charge < -0.3 is 4.90 Å². The van der Waals surface area contributed by atoms with Gasteiger partial charge in [-0.05, 0) is 55.0 Å². The van der Waals surface area contributed by atoms with Crippen molar-refractivity contribution in [2.24, 2.45) is 0 Å². The molecule has 1 aliphatic rings. The van der Waals surface area contributed by atoms with E-state index in [1.54, 1.807) is 35.3 Å². The molecule has 0 unspecified atom stereocenters. The smallest absolute Gasteiger partial charge is 0.181 e. The lowest BCUT2D eigenvalue weighted by Crippen LogP contribution is -2.28. The molecule has 8 heteroatoms. The summed E-state index contributed by atoms with van der Waals surface area (Å²) < 4.78 is 28.9. The van der Waals surface area contributed by atoms with Crippen molar-refractivity contribution in [2.75, 3.05) is 13.1 Å².